The van der Waals surface area contributed by atoms with Crippen LogP contribution in [-0.2, 0) is 9.59 Å². The van der Waals surface area contributed by atoms with Crippen molar-refractivity contribution in [2.75, 3.05) is 26.7 Å². The first-order valence-electron chi connectivity index (χ1n) is 6.35. The van der Waals surface area contributed by atoms with E-state index < -0.39 is 11.9 Å². The molecule has 0 spiro atoms. The lowest BCUT2D eigenvalue weighted by atomic mass is 10.3. The maximum atomic E-state index is 11.6. The van der Waals surface area contributed by atoms with Gasteiger partial charge in [0.05, 0.1) is 19.6 Å². The molecule has 0 saturated heterocycles. The van der Waals surface area contributed by atoms with Crippen molar-refractivity contribution < 1.29 is 24.2 Å². The lowest BCUT2D eigenvalue weighted by molar-refractivity contribution is -0.139. The molecular weight excluding hydrogens is 262 g/mol. The maximum absolute atomic E-state index is 11.6. The second-order valence-corrected chi connectivity index (χ2v) is 4.26. The highest BCUT2D eigenvalue weighted by Gasteiger charge is 2.10. The number of carbonyl (C=O) groups excluding carboxylic acids is 1. The smallest absolute Gasteiger partial charge is 0.325 e. The first-order valence-corrected chi connectivity index (χ1v) is 6.35. The van der Waals surface area contributed by atoms with Crippen LogP contribution in [0.5, 0.6) is 11.5 Å². The molecule has 0 aliphatic heterocycles. The van der Waals surface area contributed by atoms with E-state index in [1.54, 1.807) is 36.2 Å². The van der Waals surface area contributed by atoms with Gasteiger partial charge in [-0.15, -0.1) is 0 Å². The largest absolute Gasteiger partial charge is 0.494 e. The molecule has 0 bridgehead atoms. The fourth-order valence-corrected chi connectivity index (χ4v) is 1.52. The van der Waals surface area contributed by atoms with Crippen LogP contribution >= 0.6 is 0 Å². The maximum Gasteiger partial charge on any atom is 0.325 e. The van der Waals surface area contributed by atoms with Crippen LogP contribution in [0.2, 0.25) is 0 Å². The van der Waals surface area contributed by atoms with Gasteiger partial charge in [-0.25, -0.2) is 0 Å². The number of benzene rings is 1. The number of aliphatic carboxylic acids is 1. The van der Waals surface area contributed by atoms with Crippen LogP contribution in [0, 0.1) is 0 Å². The average molecular weight is 281 g/mol. The van der Waals surface area contributed by atoms with Gasteiger partial charge in [-0.1, -0.05) is 0 Å². The van der Waals surface area contributed by atoms with Crippen LogP contribution in [0.3, 0.4) is 0 Å². The molecule has 6 heteroatoms. The van der Waals surface area contributed by atoms with Crippen LogP contribution in [-0.4, -0.2) is 48.7 Å². The van der Waals surface area contributed by atoms with Crippen molar-refractivity contribution in [2.24, 2.45) is 0 Å². The number of esters is 1. The normalized spacial score (nSPS) is 10.3. The molecule has 0 amide bonds. The second kappa shape index (κ2) is 8.16. The molecule has 0 heterocycles. The van der Waals surface area contributed by atoms with E-state index in [1.807, 2.05) is 6.92 Å². The van der Waals surface area contributed by atoms with E-state index in [0.29, 0.717) is 24.7 Å². The monoisotopic (exact) mass is 281 g/mol. The van der Waals surface area contributed by atoms with E-state index in [2.05, 4.69) is 0 Å². The quantitative estimate of drug-likeness (QED) is 0.573. The molecule has 0 radical (unpaired) electrons. The molecule has 0 aromatic heterocycles. The molecule has 110 valence electrons. The van der Waals surface area contributed by atoms with Gasteiger partial charge in [0.1, 0.15) is 11.5 Å². The Bertz CT molecular complexity index is 443. The van der Waals surface area contributed by atoms with Gasteiger partial charge in [-0.05, 0) is 38.2 Å². The molecule has 0 aliphatic carbocycles. The van der Waals surface area contributed by atoms with Gasteiger partial charge in [-0.3, -0.25) is 14.5 Å². The molecule has 0 atom stereocenters. The minimum atomic E-state index is -0.892. The zero-order valence-corrected chi connectivity index (χ0v) is 11.7. The van der Waals surface area contributed by atoms with Crippen LogP contribution in [0.1, 0.15) is 13.3 Å². The summed E-state index contributed by atoms with van der Waals surface area (Å²) in [5.41, 5.74) is 0. The Labute approximate surface area is 117 Å². The van der Waals surface area contributed by atoms with Crippen molar-refractivity contribution in [3.8, 4) is 11.5 Å². The molecule has 0 saturated carbocycles. The Hall–Kier alpha value is -2.08. The Kier molecular flexibility index (Phi) is 6.52. The number of carboxylic acids is 1. The SMILES string of the molecule is CCOc1ccc(OC(=O)CN(C)CCC(=O)O)cc1. The van der Waals surface area contributed by atoms with E-state index in [4.69, 9.17) is 14.6 Å². The van der Waals surface area contributed by atoms with Gasteiger partial charge in [0.15, 0.2) is 0 Å². The van der Waals surface area contributed by atoms with Crippen molar-refractivity contribution in [3.63, 3.8) is 0 Å². The minimum Gasteiger partial charge on any atom is -0.494 e. The number of carbonyl (C=O) groups is 2. The highest BCUT2D eigenvalue weighted by atomic mass is 16.5. The van der Waals surface area contributed by atoms with Gasteiger partial charge in [-0.2, -0.15) is 0 Å². The van der Waals surface area contributed by atoms with Gasteiger partial charge in [0, 0.05) is 6.54 Å². The van der Waals surface area contributed by atoms with E-state index in [1.165, 1.54) is 0 Å². The van der Waals surface area contributed by atoms with E-state index in [0.717, 1.165) is 0 Å². The van der Waals surface area contributed by atoms with Crippen LogP contribution in [0.25, 0.3) is 0 Å². The van der Waals surface area contributed by atoms with E-state index >= 15 is 0 Å². The van der Waals surface area contributed by atoms with Crippen LogP contribution < -0.4 is 9.47 Å². The van der Waals surface area contributed by atoms with Gasteiger partial charge >= 0.3 is 11.9 Å². The third-order valence-corrected chi connectivity index (χ3v) is 2.47. The summed E-state index contributed by atoms with van der Waals surface area (Å²) in [6.45, 7) is 2.81. The number of rotatable bonds is 8. The summed E-state index contributed by atoms with van der Waals surface area (Å²) < 4.78 is 10.4. The highest BCUT2D eigenvalue weighted by molar-refractivity contribution is 5.74. The molecule has 1 rings (SSSR count). The molecule has 1 N–H and O–H groups in total. The van der Waals surface area contributed by atoms with Gasteiger partial charge in [0.2, 0.25) is 0 Å². The molecule has 1 aromatic rings. The average Bonchev–Trinajstić information content (AvgIpc) is 2.39. The van der Waals surface area contributed by atoms with Crippen molar-refractivity contribution in [1.29, 1.82) is 0 Å². The Balaban J connectivity index is 2.39. The van der Waals surface area contributed by atoms with Crippen molar-refractivity contribution >= 4 is 11.9 Å². The van der Waals surface area contributed by atoms with Crippen molar-refractivity contribution in [3.05, 3.63) is 24.3 Å². The number of ether oxygens (including phenoxy) is 2. The zero-order chi connectivity index (χ0) is 15.0. The summed E-state index contributed by atoms with van der Waals surface area (Å²) >= 11 is 0. The minimum absolute atomic E-state index is 0.00711. The number of likely N-dealkylation sites (N-methyl/N-ethyl adjacent to an activating group) is 1. The Morgan fingerprint density at radius 2 is 1.80 bits per heavy atom. The predicted octanol–water partition coefficient (Wildman–Crippen LogP) is 1.40. The second-order valence-electron chi connectivity index (χ2n) is 4.26. The molecular formula is C14H19NO5. The number of hydrogen-bond donors (Lipinski definition) is 1. The van der Waals surface area contributed by atoms with Crippen molar-refractivity contribution in [1.82, 2.24) is 4.90 Å². The summed E-state index contributed by atoms with van der Waals surface area (Å²) in [7, 11) is 1.67. The van der Waals surface area contributed by atoms with E-state index in [9.17, 15) is 9.59 Å². The Morgan fingerprint density at radius 3 is 2.35 bits per heavy atom. The zero-order valence-electron chi connectivity index (χ0n) is 11.7. The Morgan fingerprint density at radius 1 is 1.20 bits per heavy atom. The van der Waals surface area contributed by atoms with Gasteiger partial charge < -0.3 is 14.6 Å². The first-order chi connectivity index (χ1) is 9.51. The first kappa shape index (κ1) is 16.0. The predicted molar refractivity (Wildman–Crippen MR) is 73.0 cm³/mol. The fourth-order valence-electron chi connectivity index (χ4n) is 1.52. The molecule has 1 aromatic carbocycles. The summed E-state index contributed by atoms with van der Waals surface area (Å²) in [5, 5.41) is 8.55. The number of nitrogens with zero attached hydrogens (tertiary/aromatic N) is 1. The number of hydrogen-bond acceptors (Lipinski definition) is 5. The lowest BCUT2D eigenvalue weighted by Gasteiger charge is -2.14. The standard InChI is InChI=1S/C14H19NO5/c1-3-19-11-4-6-12(7-5-11)20-14(18)10-15(2)9-8-13(16)17/h4-7H,3,8-10H2,1-2H3,(H,16,17). The molecule has 0 aliphatic rings. The third kappa shape index (κ3) is 6.19. The van der Waals surface area contributed by atoms with E-state index in [-0.39, 0.29) is 13.0 Å². The topological polar surface area (TPSA) is 76.1 Å². The molecule has 0 fully saturated rings. The summed E-state index contributed by atoms with van der Waals surface area (Å²) in [5.74, 6) is -0.172. The van der Waals surface area contributed by atoms with Gasteiger partial charge in [0.25, 0.3) is 0 Å². The van der Waals surface area contributed by atoms with Crippen molar-refractivity contribution in [2.45, 2.75) is 13.3 Å². The molecule has 0 unspecified atom stereocenters. The fraction of sp³-hybridized carbons (Fsp3) is 0.429. The molecule has 6 nitrogen and oxygen atoms in total. The summed E-state index contributed by atoms with van der Waals surface area (Å²) in [4.78, 5) is 23.6. The lowest BCUT2D eigenvalue weighted by Crippen LogP contribution is -2.30. The third-order valence-electron chi connectivity index (χ3n) is 2.47. The summed E-state index contributed by atoms with van der Waals surface area (Å²) in [6, 6.07) is 6.75. The van der Waals surface area contributed by atoms with Crippen LogP contribution in [0.15, 0.2) is 24.3 Å². The summed E-state index contributed by atoms with van der Waals surface area (Å²) in [6.07, 6.45) is -0.00711. The number of carboxylic acid groups (broad SMARTS) is 1. The van der Waals surface area contributed by atoms with Crippen LogP contribution in [0.4, 0.5) is 0 Å². The highest BCUT2D eigenvalue weighted by Crippen LogP contribution is 2.17. The molecule has 20 heavy (non-hydrogen) atoms.